The van der Waals surface area contributed by atoms with Crippen LogP contribution in [0.3, 0.4) is 0 Å². The molecule has 3 rings (SSSR count). The van der Waals surface area contributed by atoms with Crippen molar-refractivity contribution in [2.75, 3.05) is 4.72 Å². The molecule has 4 nitrogen and oxygen atoms in total. The Morgan fingerprint density at radius 2 is 1.86 bits per heavy atom. The van der Waals surface area contributed by atoms with E-state index in [0.717, 1.165) is 21.3 Å². The lowest BCUT2D eigenvalue weighted by atomic mass is 10.3. The molecule has 21 heavy (non-hydrogen) atoms. The highest BCUT2D eigenvalue weighted by Crippen LogP contribution is 2.31. The van der Waals surface area contributed by atoms with E-state index in [0.29, 0.717) is 5.52 Å². The molecule has 0 atom stereocenters. The molecule has 0 unspecified atom stereocenters. The van der Waals surface area contributed by atoms with Crippen LogP contribution in [0.5, 0.6) is 0 Å². The number of nitrogens with one attached hydrogen (secondary N) is 1. The smallest absolute Gasteiger partial charge is 0.255 e. The Balaban J connectivity index is 1.97. The molecule has 0 bridgehead atoms. The standard InChI is InChI=1S/C13H8BrFN2O2S2/c14-10-2-1-3-11-12(10)16-13(20-11)17-21(18,19)9-6-4-8(15)5-7-9/h1-7H,(H,16,17). The predicted octanol–water partition coefficient (Wildman–Crippen LogP) is 4.00. The minimum absolute atomic E-state index is 0.0118. The van der Waals surface area contributed by atoms with Gasteiger partial charge >= 0.3 is 0 Å². The summed E-state index contributed by atoms with van der Waals surface area (Å²) in [6.07, 6.45) is 0. The topological polar surface area (TPSA) is 59.1 Å². The number of aromatic nitrogens is 1. The Kier molecular flexibility index (Phi) is 3.68. The van der Waals surface area contributed by atoms with E-state index in [9.17, 15) is 12.8 Å². The van der Waals surface area contributed by atoms with Crippen LogP contribution in [0, 0.1) is 5.82 Å². The van der Waals surface area contributed by atoms with Crippen LogP contribution < -0.4 is 4.72 Å². The molecule has 0 radical (unpaired) electrons. The Hall–Kier alpha value is -1.51. The Bertz CT molecular complexity index is 908. The van der Waals surface area contributed by atoms with E-state index in [-0.39, 0.29) is 10.0 Å². The number of fused-ring (bicyclic) bond motifs is 1. The molecule has 1 heterocycles. The van der Waals surface area contributed by atoms with Gasteiger partial charge in [-0.3, -0.25) is 4.72 Å². The zero-order valence-corrected chi connectivity index (χ0v) is 13.6. The highest BCUT2D eigenvalue weighted by atomic mass is 79.9. The fraction of sp³-hybridized carbons (Fsp3) is 0. The number of anilines is 1. The summed E-state index contributed by atoms with van der Waals surface area (Å²) in [5.41, 5.74) is 0.694. The second kappa shape index (κ2) is 5.36. The van der Waals surface area contributed by atoms with Gasteiger partial charge in [0.1, 0.15) is 5.82 Å². The van der Waals surface area contributed by atoms with Crippen molar-refractivity contribution < 1.29 is 12.8 Å². The van der Waals surface area contributed by atoms with Gasteiger partial charge in [-0.1, -0.05) is 17.4 Å². The average molecular weight is 387 g/mol. The number of rotatable bonds is 3. The van der Waals surface area contributed by atoms with Crippen LogP contribution in [0.15, 0.2) is 51.8 Å². The first kappa shape index (κ1) is 14.4. The lowest BCUT2D eigenvalue weighted by molar-refractivity contribution is 0.599. The van der Waals surface area contributed by atoms with Crippen molar-refractivity contribution in [3.63, 3.8) is 0 Å². The number of sulfonamides is 1. The molecule has 0 amide bonds. The molecular weight excluding hydrogens is 379 g/mol. The second-order valence-corrected chi connectivity index (χ2v) is 7.73. The van der Waals surface area contributed by atoms with Crippen LogP contribution in [0.1, 0.15) is 0 Å². The Labute approximate surface area is 132 Å². The zero-order chi connectivity index (χ0) is 15.0. The van der Waals surface area contributed by atoms with Gasteiger partial charge in [0.2, 0.25) is 0 Å². The summed E-state index contributed by atoms with van der Waals surface area (Å²) < 4.78 is 41.3. The van der Waals surface area contributed by atoms with Gasteiger partial charge < -0.3 is 0 Å². The van der Waals surface area contributed by atoms with Crippen molar-refractivity contribution in [2.45, 2.75) is 4.90 Å². The van der Waals surface area contributed by atoms with Crippen molar-refractivity contribution in [1.29, 1.82) is 0 Å². The third-order valence-electron chi connectivity index (χ3n) is 2.72. The molecule has 0 saturated carbocycles. The van der Waals surface area contributed by atoms with Crippen LogP contribution in [-0.4, -0.2) is 13.4 Å². The molecule has 2 aromatic carbocycles. The van der Waals surface area contributed by atoms with Crippen LogP contribution in [0.4, 0.5) is 9.52 Å². The van der Waals surface area contributed by atoms with E-state index in [1.807, 2.05) is 18.2 Å². The minimum Gasteiger partial charge on any atom is -0.255 e. The van der Waals surface area contributed by atoms with Crippen molar-refractivity contribution in [3.05, 3.63) is 52.8 Å². The quantitative estimate of drug-likeness (QED) is 0.739. The number of thiazole rings is 1. The van der Waals surface area contributed by atoms with Crippen LogP contribution >= 0.6 is 27.3 Å². The molecular formula is C13H8BrFN2O2S2. The highest BCUT2D eigenvalue weighted by Gasteiger charge is 2.17. The maximum Gasteiger partial charge on any atom is 0.263 e. The molecule has 108 valence electrons. The van der Waals surface area contributed by atoms with Crippen molar-refractivity contribution in [2.24, 2.45) is 0 Å². The summed E-state index contributed by atoms with van der Waals surface area (Å²) in [6.45, 7) is 0. The fourth-order valence-corrected chi connectivity index (χ4v) is 4.46. The molecule has 1 aromatic heterocycles. The summed E-state index contributed by atoms with van der Waals surface area (Å²) in [6, 6.07) is 10.2. The van der Waals surface area contributed by atoms with Gasteiger partial charge in [0.15, 0.2) is 5.13 Å². The molecule has 0 aliphatic heterocycles. The number of para-hydroxylation sites is 1. The molecule has 0 aliphatic carbocycles. The maximum atomic E-state index is 12.9. The predicted molar refractivity (Wildman–Crippen MR) is 84.5 cm³/mol. The van der Waals surface area contributed by atoms with Crippen LogP contribution in [0.25, 0.3) is 10.2 Å². The average Bonchev–Trinajstić information content (AvgIpc) is 2.82. The third-order valence-corrected chi connectivity index (χ3v) is 5.78. The largest absolute Gasteiger partial charge is 0.263 e. The monoisotopic (exact) mass is 386 g/mol. The minimum atomic E-state index is -3.77. The first-order valence-corrected chi connectivity index (χ1v) is 8.88. The van der Waals surface area contributed by atoms with Gasteiger partial charge in [-0.15, -0.1) is 0 Å². The van der Waals surface area contributed by atoms with Gasteiger partial charge in [-0.25, -0.2) is 17.8 Å². The van der Waals surface area contributed by atoms with Gasteiger partial charge in [-0.05, 0) is 52.3 Å². The van der Waals surface area contributed by atoms with E-state index in [4.69, 9.17) is 0 Å². The zero-order valence-electron chi connectivity index (χ0n) is 10.4. The van der Waals surface area contributed by atoms with E-state index >= 15 is 0 Å². The van der Waals surface area contributed by atoms with Crippen LogP contribution in [-0.2, 0) is 10.0 Å². The summed E-state index contributed by atoms with van der Waals surface area (Å²) >= 11 is 4.60. The fourth-order valence-electron chi connectivity index (χ4n) is 1.75. The van der Waals surface area contributed by atoms with E-state index in [2.05, 4.69) is 25.6 Å². The molecule has 8 heteroatoms. The van der Waals surface area contributed by atoms with E-state index in [1.54, 1.807) is 0 Å². The van der Waals surface area contributed by atoms with Gasteiger partial charge in [-0.2, -0.15) is 0 Å². The summed E-state index contributed by atoms with van der Waals surface area (Å²) in [7, 11) is -3.77. The number of hydrogen-bond donors (Lipinski definition) is 1. The first-order chi connectivity index (χ1) is 9.95. The SMILES string of the molecule is O=S(=O)(Nc1nc2c(Br)cccc2s1)c1ccc(F)cc1. The Morgan fingerprint density at radius 3 is 2.52 bits per heavy atom. The van der Waals surface area contributed by atoms with Crippen molar-refractivity contribution in [1.82, 2.24) is 4.98 Å². The summed E-state index contributed by atoms with van der Waals surface area (Å²) in [5.74, 6) is -0.488. The lowest BCUT2D eigenvalue weighted by Crippen LogP contribution is -2.12. The van der Waals surface area contributed by atoms with E-state index in [1.165, 1.54) is 23.5 Å². The number of nitrogens with zero attached hydrogens (tertiary/aromatic N) is 1. The molecule has 1 N–H and O–H groups in total. The molecule has 0 spiro atoms. The summed E-state index contributed by atoms with van der Waals surface area (Å²) in [4.78, 5) is 4.24. The van der Waals surface area contributed by atoms with Crippen LogP contribution in [0.2, 0.25) is 0 Å². The lowest BCUT2D eigenvalue weighted by Gasteiger charge is -2.04. The number of halogens is 2. The van der Waals surface area contributed by atoms with Gasteiger partial charge in [0.05, 0.1) is 15.1 Å². The van der Waals surface area contributed by atoms with Gasteiger partial charge in [0.25, 0.3) is 10.0 Å². The highest BCUT2D eigenvalue weighted by molar-refractivity contribution is 9.10. The molecule has 0 aliphatic rings. The van der Waals surface area contributed by atoms with E-state index < -0.39 is 15.8 Å². The van der Waals surface area contributed by atoms with Gasteiger partial charge in [0, 0.05) is 4.47 Å². The molecule has 0 fully saturated rings. The maximum absolute atomic E-state index is 12.9. The summed E-state index contributed by atoms with van der Waals surface area (Å²) in [5, 5.41) is 0.265. The number of benzene rings is 2. The molecule has 3 aromatic rings. The van der Waals surface area contributed by atoms with Crippen molar-refractivity contribution in [3.8, 4) is 0 Å². The second-order valence-electron chi connectivity index (χ2n) is 4.17. The number of hydrogen-bond acceptors (Lipinski definition) is 4. The normalized spacial score (nSPS) is 11.7. The third kappa shape index (κ3) is 2.92. The molecule has 0 saturated heterocycles. The Morgan fingerprint density at radius 1 is 1.14 bits per heavy atom. The van der Waals surface area contributed by atoms with Crippen molar-refractivity contribution >= 4 is 52.6 Å². The first-order valence-electron chi connectivity index (χ1n) is 5.79.